The number of carbonyl (C=O) groups is 3. The first kappa shape index (κ1) is 14.2. The van der Waals surface area contributed by atoms with Gasteiger partial charge in [-0.05, 0) is 26.7 Å². The van der Waals surface area contributed by atoms with Gasteiger partial charge < -0.3 is 9.47 Å². The van der Waals surface area contributed by atoms with Crippen LogP contribution in [0.15, 0.2) is 0 Å². The lowest BCUT2D eigenvalue weighted by Gasteiger charge is -2.16. The van der Waals surface area contributed by atoms with E-state index in [0.717, 1.165) is 6.92 Å². The number of carbonyl (C=O) groups excluding carboxylic acids is 3. The molecule has 5 nitrogen and oxygen atoms in total. The second kappa shape index (κ2) is 5.91. The predicted molar refractivity (Wildman–Crippen MR) is 55.3 cm³/mol. The van der Waals surface area contributed by atoms with Crippen LogP contribution in [-0.4, -0.2) is 29.9 Å². The first-order valence-corrected chi connectivity index (χ1v) is 4.62. The number of hydrogen-bond donors (Lipinski definition) is 0. The molecule has 0 amide bonds. The minimum Gasteiger partial charge on any atom is -0.450 e. The van der Waals surface area contributed by atoms with Gasteiger partial charge in [-0.3, -0.25) is 4.79 Å². The highest BCUT2D eigenvalue weighted by atomic mass is 16.6. The number of hydrogen-bond acceptors (Lipinski definition) is 5. The highest BCUT2D eigenvalue weighted by Gasteiger charge is 2.14. The third kappa shape index (κ3) is 7.56. The van der Waals surface area contributed by atoms with Gasteiger partial charge in [0.15, 0.2) is 6.61 Å². The maximum Gasteiger partial charge on any atom is 0.384 e. The summed E-state index contributed by atoms with van der Waals surface area (Å²) in [6.07, 6.45) is 0. The fraction of sp³-hybridized carbons (Fsp3) is 0.545. The molecule has 5 heteroatoms. The Labute approximate surface area is 94.1 Å². The average molecular weight is 227 g/mol. The Morgan fingerprint density at radius 2 is 1.75 bits per heavy atom. The van der Waals surface area contributed by atoms with Crippen molar-refractivity contribution in [2.45, 2.75) is 33.3 Å². The predicted octanol–water partition coefficient (Wildman–Crippen LogP) is 0.464. The van der Waals surface area contributed by atoms with Gasteiger partial charge in [-0.2, -0.15) is 0 Å². The molecular weight excluding hydrogens is 213 g/mol. The number of ketones is 1. The summed E-state index contributed by atoms with van der Waals surface area (Å²) in [6.45, 7) is 5.91. The van der Waals surface area contributed by atoms with Crippen molar-refractivity contribution in [3.8, 4) is 11.8 Å². The molecule has 0 saturated carbocycles. The average Bonchev–Trinajstić information content (AvgIpc) is 2.08. The highest BCUT2D eigenvalue weighted by molar-refractivity contribution is 6.32. The quantitative estimate of drug-likeness (QED) is 0.225. The Kier molecular flexibility index (Phi) is 5.23. The zero-order chi connectivity index (χ0) is 12.8. The molecule has 0 fully saturated rings. The lowest BCUT2D eigenvalue weighted by molar-refractivity contribution is -0.151. The number of ether oxygens (including phenoxy) is 2. The summed E-state index contributed by atoms with van der Waals surface area (Å²) in [5.74, 6) is 2.02. The largest absolute Gasteiger partial charge is 0.450 e. The van der Waals surface area contributed by atoms with E-state index in [1.807, 2.05) is 0 Å². The van der Waals surface area contributed by atoms with Crippen LogP contribution in [0.2, 0.25) is 0 Å². The molecule has 0 aromatic carbocycles. The van der Waals surface area contributed by atoms with Gasteiger partial charge >= 0.3 is 11.9 Å². The standard InChI is InChI=1S/C11H14O5/c1-8(12)10(14)15-7-5-6-9(13)16-11(2,3)4/h7H2,1-4H3/i10+1. The van der Waals surface area contributed by atoms with E-state index < -0.39 is 23.3 Å². The second-order valence-corrected chi connectivity index (χ2v) is 3.94. The van der Waals surface area contributed by atoms with Crippen LogP contribution in [0.1, 0.15) is 27.7 Å². The van der Waals surface area contributed by atoms with E-state index in [9.17, 15) is 14.4 Å². The monoisotopic (exact) mass is 227 g/mol. The van der Waals surface area contributed by atoms with E-state index in [1.165, 1.54) is 0 Å². The summed E-state index contributed by atoms with van der Waals surface area (Å²) in [6, 6.07) is 0. The molecule has 0 aliphatic carbocycles. The molecule has 0 spiro atoms. The van der Waals surface area contributed by atoms with Crippen molar-refractivity contribution in [3.05, 3.63) is 0 Å². The smallest absolute Gasteiger partial charge is 0.384 e. The van der Waals surface area contributed by atoms with Crippen LogP contribution in [0.3, 0.4) is 0 Å². The summed E-state index contributed by atoms with van der Waals surface area (Å²) in [5, 5.41) is 0. The summed E-state index contributed by atoms with van der Waals surface area (Å²) >= 11 is 0. The lowest BCUT2D eigenvalue weighted by atomic mass is 10.2. The third-order valence-electron chi connectivity index (χ3n) is 1.15. The van der Waals surface area contributed by atoms with Gasteiger partial charge in [0.25, 0.3) is 0 Å². The van der Waals surface area contributed by atoms with Crippen molar-refractivity contribution in [3.63, 3.8) is 0 Å². The normalized spacial score (nSPS) is 9.75. The minimum absolute atomic E-state index is 0.308. The number of rotatable bonds is 2. The van der Waals surface area contributed by atoms with Gasteiger partial charge in [0.1, 0.15) is 5.60 Å². The Bertz CT molecular complexity index is 351. The van der Waals surface area contributed by atoms with E-state index in [-0.39, 0.29) is 6.61 Å². The molecular formula is C11H14O5. The molecule has 0 unspecified atom stereocenters. The van der Waals surface area contributed by atoms with Crippen LogP contribution >= 0.6 is 0 Å². The first-order chi connectivity index (χ1) is 7.22. The van der Waals surface area contributed by atoms with Crippen molar-refractivity contribution in [1.82, 2.24) is 0 Å². The van der Waals surface area contributed by atoms with Crippen LogP contribution in [0.25, 0.3) is 0 Å². The third-order valence-corrected chi connectivity index (χ3v) is 1.15. The Balaban J connectivity index is 3.99. The van der Waals surface area contributed by atoms with Gasteiger partial charge in [-0.1, -0.05) is 0 Å². The van der Waals surface area contributed by atoms with Gasteiger partial charge in [0.05, 0.1) is 0 Å². The van der Waals surface area contributed by atoms with E-state index in [4.69, 9.17) is 4.74 Å². The van der Waals surface area contributed by atoms with E-state index in [0.29, 0.717) is 0 Å². The molecule has 0 saturated heterocycles. The van der Waals surface area contributed by atoms with Crippen LogP contribution in [0.5, 0.6) is 0 Å². The van der Waals surface area contributed by atoms with Crippen molar-refractivity contribution in [1.29, 1.82) is 0 Å². The van der Waals surface area contributed by atoms with E-state index >= 15 is 0 Å². The highest BCUT2D eigenvalue weighted by Crippen LogP contribution is 2.05. The Hall–Kier alpha value is -1.83. The zero-order valence-electron chi connectivity index (χ0n) is 9.75. The van der Waals surface area contributed by atoms with Gasteiger partial charge in [-0.25, -0.2) is 9.59 Å². The van der Waals surface area contributed by atoms with Crippen molar-refractivity contribution in [2.75, 3.05) is 6.61 Å². The minimum atomic E-state index is -0.974. The summed E-state index contributed by atoms with van der Waals surface area (Å²) in [7, 11) is 0. The molecule has 0 rings (SSSR count). The van der Waals surface area contributed by atoms with Crippen molar-refractivity contribution < 1.29 is 23.9 Å². The Morgan fingerprint density at radius 1 is 1.19 bits per heavy atom. The van der Waals surface area contributed by atoms with Crippen molar-refractivity contribution in [2.24, 2.45) is 0 Å². The van der Waals surface area contributed by atoms with Crippen LogP contribution in [-0.2, 0) is 23.9 Å². The molecule has 0 atom stereocenters. The first-order valence-electron chi connectivity index (χ1n) is 4.62. The molecule has 0 aliphatic rings. The van der Waals surface area contributed by atoms with Gasteiger partial charge in [-0.15, -0.1) is 0 Å². The van der Waals surface area contributed by atoms with Crippen LogP contribution in [0.4, 0.5) is 0 Å². The SMILES string of the molecule is CC(=O)[13C](=O)OCC#CC(=O)OC(C)(C)C. The van der Waals surface area contributed by atoms with Crippen LogP contribution < -0.4 is 0 Å². The molecule has 0 aromatic rings. The maximum absolute atomic E-state index is 11.0. The fourth-order valence-corrected chi connectivity index (χ4v) is 0.615. The maximum atomic E-state index is 11.0. The molecule has 0 aliphatic heterocycles. The summed E-state index contributed by atoms with van der Waals surface area (Å²) in [4.78, 5) is 32.1. The molecule has 0 aromatic heterocycles. The molecule has 0 bridgehead atoms. The zero-order valence-corrected chi connectivity index (χ0v) is 9.75. The molecule has 0 heterocycles. The van der Waals surface area contributed by atoms with E-state index in [2.05, 4.69) is 16.6 Å². The number of Topliss-reactive ketones (excluding diaryl/α,β-unsaturated/α-hetero) is 1. The fourth-order valence-electron chi connectivity index (χ4n) is 0.615. The molecule has 0 radical (unpaired) electrons. The topological polar surface area (TPSA) is 69.7 Å². The lowest BCUT2D eigenvalue weighted by Crippen LogP contribution is -2.22. The Morgan fingerprint density at radius 3 is 2.19 bits per heavy atom. The van der Waals surface area contributed by atoms with E-state index in [1.54, 1.807) is 20.8 Å². The summed E-state index contributed by atoms with van der Waals surface area (Å²) in [5.41, 5.74) is -0.609. The van der Waals surface area contributed by atoms with Crippen molar-refractivity contribution >= 4 is 17.7 Å². The van der Waals surface area contributed by atoms with Gasteiger partial charge in [0, 0.05) is 12.8 Å². The molecule has 88 valence electrons. The molecule has 16 heavy (non-hydrogen) atoms. The molecule has 0 N–H and O–H groups in total. The van der Waals surface area contributed by atoms with Gasteiger partial charge in [0.2, 0.25) is 5.78 Å². The van der Waals surface area contributed by atoms with Crippen LogP contribution in [0, 0.1) is 11.8 Å². The summed E-state index contributed by atoms with van der Waals surface area (Å²) < 4.78 is 9.29. The second-order valence-electron chi connectivity index (χ2n) is 3.94. The number of esters is 2.